The summed E-state index contributed by atoms with van der Waals surface area (Å²) in [7, 11) is 4.09. The van der Waals surface area contributed by atoms with Crippen LogP contribution < -0.4 is 5.73 Å². The molecule has 3 N–H and O–H groups in total. The normalized spacial score (nSPS) is 16.4. The van der Waals surface area contributed by atoms with E-state index in [4.69, 9.17) is 5.73 Å². The maximum Gasteiger partial charge on any atom is 0.0506 e. The molecule has 2 atom stereocenters. The molecule has 0 amide bonds. The van der Waals surface area contributed by atoms with Crippen molar-refractivity contribution >= 4 is 0 Å². The van der Waals surface area contributed by atoms with Gasteiger partial charge in [-0.2, -0.15) is 0 Å². The molecular formula is C9H17N3. The number of likely N-dealkylation sites (N-methyl/N-ethyl adjacent to an activating group) is 1. The molecule has 1 heterocycles. The van der Waals surface area contributed by atoms with Crippen LogP contribution >= 0.6 is 0 Å². The molecule has 12 heavy (non-hydrogen) atoms. The number of hydrogen-bond acceptors (Lipinski definition) is 2. The highest BCUT2D eigenvalue weighted by Crippen LogP contribution is 2.19. The first-order valence-corrected chi connectivity index (χ1v) is 4.17. The summed E-state index contributed by atoms with van der Waals surface area (Å²) < 4.78 is 0. The first-order valence-electron chi connectivity index (χ1n) is 4.17. The molecule has 0 spiro atoms. The average Bonchev–Trinajstić information content (AvgIpc) is 2.37. The lowest BCUT2D eigenvalue weighted by molar-refractivity contribution is 0.266. The van der Waals surface area contributed by atoms with Crippen LogP contribution in [0, 0.1) is 0 Å². The molecule has 0 aliphatic heterocycles. The van der Waals surface area contributed by atoms with Crippen molar-refractivity contribution in [1.82, 2.24) is 9.88 Å². The fourth-order valence-electron chi connectivity index (χ4n) is 1.59. The minimum absolute atomic E-state index is 0.149. The Bertz CT molecular complexity index is 206. The van der Waals surface area contributed by atoms with Gasteiger partial charge in [0.05, 0.1) is 6.04 Å². The molecule has 0 saturated carbocycles. The van der Waals surface area contributed by atoms with E-state index in [-0.39, 0.29) is 6.04 Å². The Morgan fingerprint density at radius 3 is 2.50 bits per heavy atom. The van der Waals surface area contributed by atoms with Gasteiger partial charge in [0.2, 0.25) is 0 Å². The lowest BCUT2D eigenvalue weighted by Crippen LogP contribution is -2.34. The number of nitrogens with two attached hydrogens (primary N) is 1. The number of H-pyrrole nitrogens is 1. The van der Waals surface area contributed by atoms with Crippen LogP contribution in [0.25, 0.3) is 0 Å². The third kappa shape index (κ3) is 1.87. The van der Waals surface area contributed by atoms with Gasteiger partial charge in [0.25, 0.3) is 0 Å². The Kier molecular flexibility index (Phi) is 2.89. The van der Waals surface area contributed by atoms with E-state index in [0.29, 0.717) is 6.04 Å². The molecule has 68 valence electrons. The van der Waals surface area contributed by atoms with Crippen LogP contribution in [-0.4, -0.2) is 30.0 Å². The Hall–Kier alpha value is -0.800. The van der Waals surface area contributed by atoms with Gasteiger partial charge in [-0.3, -0.25) is 0 Å². The monoisotopic (exact) mass is 167 g/mol. The topological polar surface area (TPSA) is 45.1 Å². The molecule has 1 aromatic heterocycles. The second-order valence-electron chi connectivity index (χ2n) is 3.41. The predicted octanol–water partition coefficient (Wildman–Crippen LogP) is 0.965. The van der Waals surface area contributed by atoms with Gasteiger partial charge >= 0.3 is 0 Å². The summed E-state index contributed by atoms with van der Waals surface area (Å²) in [5.41, 5.74) is 7.12. The smallest absolute Gasteiger partial charge is 0.0506 e. The molecule has 1 aromatic rings. The molecule has 0 aliphatic rings. The quantitative estimate of drug-likeness (QED) is 0.704. The SMILES string of the molecule is CC(N)C(c1cc[nH]c1)N(C)C. The molecule has 2 unspecified atom stereocenters. The van der Waals surface area contributed by atoms with Gasteiger partial charge in [-0.15, -0.1) is 0 Å². The zero-order valence-electron chi connectivity index (χ0n) is 7.91. The van der Waals surface area contributed by atoms with Gasteiger partial charge < -0.3 is 15.6 Å². The fourth-order valence-corrected chi connectivity index (χ4v) is 1.59. The van der Waals surface area contributed by atoms with E-state index in [1.54, 1.807) is 0 Å². The van der Waals surface area contributed by atoms with Crippen molar-refractivity contribution in [2.24, 2.45) is 5.73 Å². The molecule has 1 rings (SSSR count). The van der Waals surface area contributed by atoms with E-state index < -0.39 is 0 Å². The number of rotatable bonds is 3. The highest BCUT2D eigenvalue weighted by atomic mass is 15.1. The van der Waals surface area contributed by atoms with E-state index in [0.717, 1.165) is 0 Å². The lowest BCUT2D eigenvalue weighted by Gasteiger charge is -2.26. The van der Waals surface area contributed by atoms with Crippen molar-refractivity contribution in [2.45, 2.75) is 19.0 Å². The first kappa shape index (κ1) is 9.29. The minimum Gasteiger partial charge on any atom is -0.367 e. The minimum atomic E-state index is 0.149. The van der Waals surface area contributed by atoms with Crippen LogP contribution in [0.1, 0.15) is 18.5 Å². The highest BCUT2D eigenvalue weighted by molar-refractivity contribution is 5.15. The molecule has 3 heteroatoms. The molecule has 0 aliphatic carbocycles. The molecule has 0 aromatic carbocycles. The zero-order valence-corrected chi connectivity index (χ0v) is 7.91. The fraction of sp³-hybridized carbons (Fsp3) is 0.556. The predicted molar refractivity (Wildman–Crippen MR) is 50.9 cm³/mol. The molecule has 0 saturated heterocycles. The third-order valence-corrected chi connectivity index (χ3v) is 2.02. The maximum atomic E-state index is 5.87. The Morgan fingerprint density at radius 1 is 1.50 bits per heavy atom. The third-order valence-electron chi connectivity index (χ3n) is 2.02. The average molecular weight is 167 g/mol. The van der Waals surface area contributed by atoms with Crippen LogP contribution in [0.4, 0.5) is 0 Å². The summed E-state index contributed by atoms with van der Waals surface area (Å²) >= 11 is 0. The summed E-state index contributed by atoms with van der Waals surface area (Å²) in [5.74, 6) is 0. The van der Waals surface area contributed by atoms with Crippen LogP contribution in [0.3, 0.4) is 0 Å². The lowest BCUT2D eigenvalue weighted by atomic mass is 10.0. The summed E-state index contributed by atoms with van der Waals surface area (Å²) in [6.07, 6.45) is 3.92. The molecule has 3 nitrogen and oxygen atoms in total. The van der Waals surface area contributed by atoms with Crippen LogP contribution in [0.2, 0.25) is 0 Å². The summed E-state index contributed by atoms with van der Waals surface area (Å²) in [6.45, 7) is 2.03. The number of aromatic nitrogens is 1. The second-order valence-corrected chi connectivity index (χ2v) is 3.41. The van der Waals surface area contributed by atoms with Gasteiger partial charge in [-0.25, -0.2) is 0 Å². The molecule has 0 bridgehead atoms. The number of aromatic amines is 1. The van der Waals surface area contributed by atoms with E-state index >= 15 is 0 Å². The van der Waals surface area contributed by atoms with E-state index in [9.17, 15) is 0 Å². The molecule has 0 fully saturated rings. The Morgan fingerprint density at radius 2 is 2.17 bits per heavy atom. The van der Waals surface area contributed by atoms with Crippen molar-refractivity contribution in [2.75, 3.05) is 14.1 Å². The number of nitrogens with one attached hydrogen (secondary N) is 1. The highest BCUT2D eigenvalue weighted by Gasteiger charge is 2.18. The van der Waals surface area contributed by atoms with Crippen molar-refractivity contribution in [1.29, 1.82) is 0 Å². The van der Waals surface area contributed by atoms with Crippen LogP contribution in [0.15, 0.2) is 18.5 Å². The van der Waals surface area contributed by atoms with Gasteiger partial charge in [0.1, 0.15) is 0 Å². The largest absolute Gasteiger partial charge is 0.367 e. The Labute approximate surface area is 73.6 Å². The van der Waals surface area contributed by atoms with Crippen LogP contribution in [-0.2, 0) is 0 Å². The van der Waals surface area contributed by atoms with Crippen molar-refractivity contribution < 1.29 is 0 Å². The van der Waals surface area contributed by atoms with E-state index in [1.165, 1.54) is 5.56 Å². The first-order chi connectivity index (χ1) is 5.63. The van der Waals surface area contributed by atoms with Crippen molar-refractivity contribution in [3.05, 3.63) is 24.0 Å². The van der Waals surface area contributed by atoms with Gasteiger partial charge in [-0.1, -0.05) is 0 Å². The van der Waals surface area contributed by atoms with E-state index in [2.05, 4.69) is 16.0 Å². The zero-order chi connectivity index (χ0) is 9.14. The van der Waals surface area contributed by atoms with Crippen LogP contribution in [0.5, 0.6) is 0 Å². The number of nitrogens with zero attached hydrogens (tertiary/aromatic N) is 1. The molecular weight excluding hydrogens is 150 g/mol. The summed E-state index contributed by atoms with van der Waals surface area (Å²) in [6, 6.07) is 2.51. The summed E-state index contributed by atoms with van der Waals surface area (Å²) in [5, 5.41) is 0. The van der Waals surface area contributed by atoms with Gasteiger partial charge in [0.15, 0.2) is 0 Å². The maximum absolute atomic E-state index is 5.87. The van der Waals surface area contributed by atoms with Crippen molar-refractivity contribution in [3.63, 3.8) is 0 Å². The van der Waals surface area contributed by atoms with Crippen molar-refractivity contribution in [3.8, 4) is 0 Å². The van der Waals surface area contributed by atoms with E-state index in [1.807, 2.05) is 33.4 Å². The Balaban J connectivity index is 2.81. The van der Waals surface area contributed by atoms with Gasteiger partial charge in [0, 0.05) is 18.4 Å². The second kappa shape index (κ2) is 3.74. The van der Waals surface area contributed by atoms with Gasteiger partial charge in [-0.05, 0) is 32.6 Å². The molecule has 0 radical (unpaired) electrons. The number of hydrogen-bond donors (Lipinski definition) is 2. The standard InChI is InChI=1S/C9H17N3/c1-7(10)9(12(2)3)8-4-5-11-6-8/h4-7,9,11H,10H2,1-3H3. The summed E-state index contributed by atoms with van der Waals surface area (Å²) in [4.78, 5) is 5.17.